The van der Waals surface area contributed by atoms with Gasteiger partial charge in [-0.05, 0) is 25.0 Å². The number of aromatic amines is 1. The van der Waals surface area contributed by atoms with Crippen LogP contribution in [-0.2, 0) is 12.8 Å². The van der Waals surface area contributed by atoms with Gasteiger partial charge in [-0.25, -0.2) is 4.68 Å². The number of nitrogens with zero attached hydrogens (tertiary/aromatic N) is 1. The molecule has 0 bridgehead atoms. The Morgan fingerprint density at radius 1 is 1.18 bits per heavy atom. The number of H-pyrrole nitrogens is 1. The van der Waals surface area contributed by atoms with Crippen LogP contribution in [-0.4, -0.2) is 9.78 Å². The second-order valence-corrected chi connectivity index (χ2v) is 4.15. The minimum atomic E-state index is 0.0853. The molecule has 0 amide bonds. The molecule has 0 saturated heterocycles. The Balaban J connectivity index is 2.53. The van der Waals surface area contributed by atoms with E-state index in [-0.39, 0.29) is 5.56 Å². The van der Waals surface area contributed by atoms with Crippen molar-refractivity contribution in [2.24, 2.45) is 0 Å². The molecule has 0 radical (unpaired) electrons. The highest BCUT2D eigenvalue weighted by Crippen LogP contribution is 2.09. The third-order valence-corrected chi connectivity index (χ3v) is 2.94. The molecule has 0 atom stereocenters. The number of rotatable bonds is 4. The molecule has 2 rings (SSSR count). The molecule has 0 saturated carbocycles. The van der Waals surface area contributed by atoms with Gasteiger partial charge >= 0.3 is 0 Å². The number of hydrogen-bond acceptors (Lipinski definition) is 1. The zero-order chi connectivity index (χ0) is 12.3. The van der Waals surface area contributed by atoms with Crippen molar-refractivity contribution in [3.63, 3.8) is 0 Å². The summed E-state index contributed by atoms with van der Waals surface area (Å²) in [6.45, 7) is 4.15. The fraction of sp³-hybridized carbons (Fsp3) is 0.357. The lowest BCUT2D eigenvalue weighted by atomic mass is 10.1. The molecule has 0 spiro atoms. The summed E-state index contributed by atoms with van der Waals surface area (Å²) in [5, 5.41) is 3.22. The third kappa shape index (κ3) is 2.18. The van der Waals surface area contributed by atoms with Gasteiger partial charge in [0, 0.05) is 11.3 Å². The normalized spacial score (nSPS) is 10.7. The van der Waals surface area contributed by atoms with E-state index in [4.69, 9.17) is 0 Å². The summed E-state index contributed by atoms with van der Waals surface area (Å²) in [5.41, 5.74) is 2.97. The lowest BCUT2D eigenvalue weighted by molar-refractivity contribution is 0.793. The zero-order valence-electron chi connectivity index (χ0n) is 10.4. The Hall–Kier alpha value is -1.77. The maximum Gasteiger partial charge on any atom is 0.274 e. The molecule has 1 aromatic heterocycles. The van der Waals surface area contributed by atoms with E-state index in [1.54, 1.807) is 4.68 Å². The van der Waals surface area contributed by atoms with Crippen molar-refractivity contribution in [1.29, 1.82) is 0 Å². The smallest absolute Gasteiger partial charge is 0.274 e. The summed E-state index contributed by atoms with van der Waals surface area (Å²) < 4.78 is 1.64. The van der Waals surface area contributed by atoms with Gasteiger partial charge in [0.2, 0.25) is 0 Å². The predicted molar refractivity (Wildman–Crippen MR) is 69.8 cm³/mol. The van der Waals surface area contributed by atoms with Gasteiger partial charge in [0.05, 0.1) is 5.69 Å². The lowest BCUT2D eigenvalue weighted by Gasteiger charge is -2.00. The molecular formula is C14H18N2O. The average Bonchev–Trinajstić information content (AvgIpc) is 2.67. The third-order valence-electron chi connectivity index (χ3n) is 2.94. The summed E-state index contributed by atoms with van der Waals surface area (Å²) in [7, 11) is 0. The van der Waals surface area contributed by atoms with Gasteiger partial charge in [-0.15, -0.1) is 0 Å². The largest absolute Gasteiger partial charge is 0.295 e. The Labute approximate surface area is 101 Å². The van der Waals surface area contributed by atoms with E-state index in [0.717, 1.165) is 36.2 Å². The van der Waals surface area contributed by atoms with Crippen LogP contribution in [0, 0.1) is 0 Å². The molecule has 17 heavy (non-hydrogen) atoms. The summed E-state index contributed by atoms with van der Waals surface area (Å²) in [6.07, 6.45) is 2.75. The van der Waals surface area contributed by atoms with Crippen LogP contribution >= 0.6 is 0 Å². The van der Waals surface area contributed by atoms with Gasteiger partial charge in [0.15, 0.2) is 0 Å². The minimum absolute atomic E-state index is 0.0853. The van der Waals surface area contributed by atoms with Crippen molar-refractivity contribution in [3.8, 4) is 5.69 Å². The van der Waals surface area contributed by atoms with Crippen LogP contribution < -0.4 is 5.56 Å². The van der Waals surface area contributed by atoms with Gasteiger partial charge in [-0.3, -0.25) is 9.89 Å². The molecule has 3 heteroatoms. The van der Waals surface area contributed by atoms with Crippen molar-refractivity contribution in [2.45, 2.75) is 33.1 Å². The van der Waals surface area contributed by atoms with E-state index < -0.39 is 0 Å². The number of aryl methyl sites for hydroxylation is 1. The Bertz CT molecular complexity index is 537. The molecule has 0 fully saturated rings. The maximum atomic E-state index is 12.2. The van der Waals surface area contributed by atoms with Gasteiger partial charge in [0.25, 0.3) is 5.56 Å². The molecule has 0 aliphatic rings. The van der Waals surface area contributed by atoms with Crippen molar-refractivity contribution in [2.75, 3.05) is 0 Å². The average molecular weight is 230 g/mol. The predicted octanol–water partition coefficient (Wildman–Crippen LogP) is 2.68. The highest BCUT2D eigenvalue weighted by Gasteiger charge is 2.12. The number of hydrogen-bond donors (Lipinski definition) is 1. The Kier molecular flexibility index (Phi) is 3.47. The van der Waals surface area contributed by atoms with Crippen LogP contribution in [0.5, 0.6) is 0 Å². The van der Waals surface area contributed by atoms with E-state index in [1.165, 1.54) is 0 Å². The first kappa shape index (κ1) is 11.7. The van der Waals surface area contributed by atoms with Crippen LogP contribution in [0.2, 0.25) is 0 Å². The Morgan fingerprint density at radius 3 is 2.47 bits per heavy atom. The summed E-state index contributed by atoms with van der Waals surface area (Å²) in [6, 6.07) is 9.70. The monoisotopic (exact) mass is 230 g/mol. The van der Waals surface area contributed by atoms with E-state index in [9.17, 15) is 4.79 Å². The summed E-state index contributed by atoms with van der Waals surface area (Å²) in [5.74, 6) is 0. The van der Waals surface area contributed by atoms with Crippen molar-refractivity contribution < 1.29 is 0 Å². The molecule has 0 aliphatic heterocycles. The fourth-order valence-electron chi connectivity index (χ4n) is 2.10. The summed E-state index contributed by atoms with van der Waals surface area (Å²) >= 11 is 0. The molecule has 1 aromatic carbocycles. The quantitative estimate of drug-likeness (QED) is 0.861. The lowest BCUT2D eigenvalue weighted by Crippen LogP contribution is -2.16. The number of aromatic nitrogens is 2. The minimum Gasteiger partial charge on any atom is -0.295 e. The second kappa shape index (κ2) is 5.04. The molecule has 3 nitrogen and oxygen atoms in total. The molecule has 0 unspecified atom stereocenters. The van der Waals surface area contributed by atoms with E-state index in [2.05, 4.69) is 12.0 Å². The topological polar surface area (TPSA) is 37.8 Å². The van der Waals surface area contributed by atoms with Gasteiger partial charge in [0.1, 0.15) is 0 Å². The fourth-order valence-corrected chi connectivity index (χ4v) is 2.10. The standard InChI is InChI=1S/C14H18N2O/c1-3-8-13-12(4-2)14(17)16(15-13)11-9-6-5-7-10-11/h5-7,9-10,15H,3-4,8H2,1-2H3. The number of nitrogens with one attached hydrogen (secondary N) is 1. The SMILES string of the molecule is CCCc1[nH]n(-c2ccccc2)c(=O)c1CC. The molecule has 1 heterocycles. The molecule has 0 aliphatic carbocycles. The van der Waals surface area contributed by atoms with Crippen LogP contribution in [0.3, 0.4) is 0 Å². The van der Waals surface area contributed by atoms with Crippen molar-refractivity contribution in [3.05, 3.63) is 51.9 Å². The van der Waals surface area contributed by atoms with Gasteiger partial charge < -0.3 is 0 Å². The number of para-hydroxylation sites is 1. The Morgan fingerprint density at radius 2 is 1.88 bits per heavy atom. The van der Waals surface area contributed by atoms with Crippen molar-refractivity contribution >= 4 is 0 Å². The zero-order valence-corrected chi connectivity index (χ0v) is 10.4. The number of benzene rings is 1. The highest BCUT2D eigenvalue weighted by molar-refractivity contribution is 5.32. The van der Waals surface area contributed by atoms with Crippen LogP contribution in [0.15, 0.2) is 35.1 Å². The maximum absolute atomic E-state index is 12.2. The van der Waals surface area contributed by atoms with Crippen LogP contribution in [0.4, 0.5) is 0 Å². The molecule has 90 valence electrons. The molecule has 1 N–H and O–H groups in total. The first-order valence-corrected chi connectivity index (χ1v) is 6.16. The highest BCUT2D eigenvalue weighted by atomic mass is 16.1. The van der Waals surface area contributed by atoms with E-state index >= 15 is 0 Å². The summed E-state index contributed by atoms with van der Waals surface area (Å²) in [4.78, 5) is 12.2. The molecular weight excluding hydrogens is 212 g/mol. The van der Waals surface area contributed by atoms with Gasteiger partial charge in [-0.2, -0.15) is 0 Å². The molecule has 2 aromatic rings. The van der Waals surface area contributed by atoms with Gasteiger partial charge in [-0.1, -0.05) is 38.5 Å². The van der Waals surface area contributed by atoms with E-state index in [0.29, 0.717) is 0 Å². The van der Waals surface area contributed by atoms with Crippen LogP contribution in [0.25, 0.3) is 5.69 Å². The first-order valence-electron chi connectivity index (χ1n) is 6.16. The second-order valence-electron chi connectivity index (χ2n) is 4.15. The van der Waals surface area contributed by atoms with E-state index in [1.807, 2.05) is 37.3 Å². The first-order chi connectivity index (χ1) is 8.27. The van der Waals surface area contributed by atoms with Crippen molar-refractivity contribution in [1.82, 2.24) is 9.78 Å². The van der Waals surface area contributed by atoms with Crippen LogP contribution in [0.1, 0.15) is 31.5 Å².